The predicted octanol–water partition coefficient (Wildman–Crippen LogP) is 2.07. The number of carbonyl (C=O) groups excluding carboxylic acids is 1. The van der Waals surface area contributed by atoms with Crippen molar-refractivity contribution in [3.8, 4) is 5.75 Å². The van der Waals surface area contributed by atoms with Crippen LogP contribution >= 0.6 is 0 Å². The number of ether oxygens (including phenoxy) is 1. The Balaban J connectivity index is 2.56. The first-order valence-electron chi connectivity index (χ1n) is 6.07. The minimum atomic E-state index is -2.84. The van der Waals surface area contributed by atoms with Crippen molar-refractivity contribution in [1.82, 2.24) is 10.6 Å². The zero-order valence-corrected chi connectivity index (χ0v) is 11.0. The summed E-state index contributed by atoms with van der Waals surface area (Å²) in [4.78, 5) is 11.3. The van der Waals surface area contributed by atoms with Crippen molar-refractivity contribution in [2.24, 2.45) is 0 Å². The SMILES string of the molecule is CCNC(=O)CNC(C)c1cccc(OC(F)F)c1. The van der Waals surface area contributed by atoms with Gasteiger partial charge in [-0.2, -0.15) is 8.78 Å². The van der Waals surface area contributed by atoms with E-state index in [2.05, 4.69) is 15.4 Å². The van der Waals surface area contributed by atoms with Crippen LogP contribution in [0.1, 0.15) is 25.5 Å². The standard InChI is InChI=1S/C13H18F2N2O2/c1-3-16-12(18)8-17-9(2)10-5-4-6-11(7-10)19-13(14)15/h4-7,9,13,17H,3,8H2,1-2H3,(H,16,18). The maximum absolute atomic E-state index is 12.1. The van der Waals surface area contributed by atoms with Gasteiger partial charge in [0.05, 0.1) is 6.54 Å². The second-order valence-electron chi connectivity index (χ2n) is 4.01. The molecular weight excluding hydrogens is 254 g/mol. The van der Waals surface area contributed by atoms with Crippen molar-refractivity contribution in [2.75, 3.05) is 13.1 Å². The smallest absolute Gasteiger partial charge is 0.387 e. The fraction of sp³-hybridized carbons (Fsp3) is 0.462. The fourth-order valence-electron chi connectivity index (χ4n) is 1.58. The Kier molecular flexibility index (Phi) is 6.21. The first kappa shape index (κ1) is 15.4. The minimum Gasteiger partial charge on any atom is -0.435 e. The van der Waals surface area contributed by atoms with Crippen molar-refractivity contribution in [3.05, 3.63) is 29.8 Å². The highest BCUT2D eigenvalue weighted by Gasteiger charge is 2.10. The molecule has 0 aliphatic heterocycles. The molecule has 2 N–H and O–H groups in total. The molecule has 1 rings (SSSR count). The lowest BCUT2D eigenvalue weighted by Crippen LogP contribution is -2.34. The third-order valence-electron chi connectivity index (χ3n) is 2.53. The molecule has 0 spiro atoms. The highest BCUT2D eigenvalue weighted by atomic mass is 19.3. The lowest BCUT2D eigenvalue weighted by atomic mass is 10.1. The van der Waals surface area contributed by atoms with Gasteiger partial charge in [-0.05, 0) is 31.5 Å². The molecule has 1 amide bonds. The van der Waals surface area contributed by atoms with Gasteiger partial charge in [0.25, 0.3) is 0 Å². The van der Waals surface area contributed by atoms with Crippen LogP contribution in [0, 0.1) is 0 Å². The van der Waals surface area contributed by atoms with Crippen LogP contribution < -0.4 is 15.4 Å². The van der Waals surface area contributed by atoms with E-state index >= 15 is 0 Å². The summed E-state index contributed by atoms with van der Waals surface area (Å²) < 4.78 is 28.5. The quantitative estimate of drug-likeness (QED) is 0.799. The van der Waals surface area contributed by atoms with Gasteiger partial charge in [-0.25, -0.2) is 0 Å². The average Bonchev–Trinajstić information content (AvgIpc) is 2.36. The molecule has 106 valence electrons. The van der Waals surface area contributed by atoms with Crippen LogP contribution in [0.15, 0.2) is 24.3 Å². The monoisotopic (exact) mass is 272 g/mol. The summed E-state index contributed by atoms with van der Waals surface area (Å²) in [6, 6.07) is 6.28. The minimum absolute atomic E-state index is 0.102. The Morgan fingerprint density at radius 3 is 2.79 bits per heavy atom. The molecular formula is C13H18F2N2O2. The number of rotatable bonds is 7. The predicted molar refractivity (Wildman–Crippen MR) is 68.2 cm³/mol. The van der Waals surface area contributed by atoms with Crippen molar-refractivity contribution < 1.29 is 18.3 Å². The lowest BCUT2D eigenvalue weighted by Gasteiger charge is -2.15. The second kappa shape index (κ2) is 7.68. The van der Waals surface area contributed by atoms with Gasteiger partial charge in [0.1, 0.15) is 5.75 Å². The molecule has 19 heavy (non-hydrogen) atoms. The van der Waals surface area contributed by atoms with Gasteiger partial charge in [0.15, 0.2) is 0 Å². The lowest BCUT2D eigenvalue weighted by molar-refractivity contribution is -0.120. The normalized spacial score (nSPS) is 12.3. The van der Waals surface area contributed by atoms with Crippen molar-refractivity contribution in [3.63, 3.8) is 0 Å². The highest BCUT2D eigenvalue weighted by Crippen LogP contribution is 2.20. The highest BCUT2D eigenvalue weighted by molar-refractivity contribution is 5.77. The van der Waals surface area contributed by atoms with E-state index in [1.807, 2.05) is 13.8 Å². The molecule has 4 nitrogen and oxygen atoms in total. The molecule has 0 radical (unpaired) electrons. The van der Waals surface area contributed by atoms with E-state index in [4.69, 9.17) is 0 Å². The molecule has 1 unspecified atom stereocenters. The van der Waals surface area contributed by atoms with Gasteiger partial charge < -0.3 is 15.4 Å². The maximum atomic E-state index is 12.1. The topological polar surface area (TPSA) is 50.4 Å². The van der Waals surface area contributed by atoms with Gasteiger partial charge in [-0.1, -0.05) is 12.1 Å². The first-order valence-corrected chi connectivity index (χ1v) is 6.07. The molecule has 0 aliphatic rings. The van der Waals surface area contributed by atoms with Crippen molar-refractivity contribution in [2.45, 2.75) is 26.5 Å². The second-order valence-corrected chi connectivity index (χ2v) is 4.01. The number of hydrogen-bond donors (Lipinski definition) is 2. The van der Waals surface area contributed by atoms with E-state index in [-0.39, 0.29) is 24.2 Å². The molecule has 0 aromatic heterocycles. The van der Waals surface area contributed by atoms with E-state index in [1.54, 1.807) is 12.1 Å². The molecule has 0 aliphatic carbocycles. The van der Waals surface area contributed by atoms with Crippen LogP contribution in [0.3, 0.4) is 0 Å². The zero-order valence-electron chi connectivity index (χ0n) is 11.0. The number of nitrogens with one attached hydrogen (secondary N) is 2. The number of amides is 1. The number of benzene rings is 1. The van der Waals surface area contributed by atoms with E-state index < -0.39 is 6.61 Å². The van der Waals surface area contributed by atoms with Gasteiger partial charge in [-0.3, -0.25) is 4.79 Å². The Morgan fingerprint density at radius 2 is 2.16 bits per heavy atom. The van der Waals surface area contributed by atoms with Gasteiger partial charge in [0, 0.05) is 12.6 Å². The number of halogens is 2. The first-order chi connectivity index (χ1) is 9.02. The maximum Gasteiger partial charge on any atom is 0.387 e. The Labute approximate surface area is 111 Å². The van der Waals surface area contributed by atoms with Crippen molar-refractivity contribution in [1.29, 1.82) is 0 Å². The summed E-state index contributed by atoms with van der Waals surface area (Å²) in [5.41, 5.74) is 0.780. The van der Waals surface area contributed by atoms with Gasteiger partial charge >= 0.3 is 6.61 Å². The summed E-state index contributed by atoms with van der Waals surface area (Å²) in [5, 5.41) is 5.67. The van der Waals surface area contributed by atoms with E-state index in [0.717, 1.165) is 5.56 Å². The Morgan fingerprint density at radius 1 is 1.42 bits per heavy atom. The Hall–Kier alpha value is -1.69. The molecule has 6 heteroatoms. The summed E-state index contributed by atoms with van der Waals surface area (Å²) in [6.07, 6.45) is 0. The molecule has 1 aromatic rings. The van der Waals surface area contributed by atoms with Crippen molar-refractivity contribution >= 4 is 5.91 Å². The molecule has 1 atom stereocenters. The number of hydrogen-bond acceptors (Lipinski definition) is 3. The molecule has 0 saturated heterocycles. The largest absolute Gasteiger partial charge is 0.435 e. The third-order valence-corrected chi connectivity index (χ3v) is 2.53. The third kappa shape index (κ3) is 5.65. The van der Waals surface area contributed by atoms with E-state index in [1.165, 1.54) is 12.1 Å². The summed E-state index contributed by atoms with van der Waals surface area (Å²) in [7, 11) is 0. The molecule has 0 heterocycles. The molecule has 0 fully saturated rings. The van der Waals surface area contributed by atoms with Crippen LogP contribution in [-0.4, -0.2) is 25.6 Å². The summed E-state index contributed by atoms with van der Waals surface area (Å²) >= 11 is 0. The fourth-order valence-corrected chi connectivity index (χ4v) is 1.58. The van der Waals surface area contributed by atoms with Crippen LogP contribution in [0.25, 0.3) is 0 Å². The van der Waals surface area contributed by atoms with Crippen LogP contribution in [0.4, 0.5) is 8.78 Å². The van der Waals surface area contributed by atoms with Crippen LogP contribution in [-0.2, 0) is 4.79 Å². The summed E-state index contributed by atoms with van der Waals surface area (Å²) in [5.74, 6) is 0.00787. The molecule has 0 saturated carbocycles. The van der Waals surface area contributed by atoms with Gasteiger partial charge in [-0.15, -0.1) is 0 Å². The van der Waals surface area contributed by atoms with E-state index in [9.17, 15) is 13.6 Å². The Bertz CT molecular complexity index is 413. The number of likely N-dealkylation sites (N-methyl/N-ethyl adjacent to an activating group) is 1. The average molecular weight is 272 g/mol. The number of alkyl halides is 2. The summed E-state index contributed by atoms with van der Waals surface area (Å²) in [6.45, 7) is 1.60. The molecule has 1 aromatic carbocycles. The van der Waals surface area contributed by atoms with Crippen LogP contribution in [0.5, 0.6) is 5.75 Å². The zero-order chi connectivity index (χ0) is 14.3. The molecule has 0 bridgehead atoms. The van der Waals surface area contributed by atoms with Gasteiger partial charge in [0.2, 0.25) is 5.91 Å². The van der Waals surface area contributed by atoms with Crippen LogP contribution in [0.2, 0.25) is 0 Å². The van der Waals surface area contributed by atoms with E-state index in [0.29, 0.717) is 6.54 Å². The number of carbonyl (C=O) groups is 1.